The van der Waals surface area contributed by atoms with Crippen LogP contribution in [0.4, 0.5) is 0 Å². The third-order valence-electron chi connectivity index (χ3n) is 15.4. The Hall–Kier alpha value is -1.07. The molecule has 0 aromatic carbocycles. The summed E-state index contributed by atoms with van der Waals surface area (Å²) in [7, 11) is 0. The molecule has 0 radical (unpaired) electrons. The van der Waals surface area contributed by atoms with Gasteiger partial charge in [0.1, 0.15) is 24.4 Å². The molecule has 1 amide bonds. The lowest BCUT2D eigenvalue weighted by atomic mass is 9.99. The minimum absolute atomic E-state index is 0.173. The molecular weight excluding hydrogens is 887 g/mol. The van der Waals surface area contributed by atoms with Crippen molar-refractivity contribution in [2.24, 2.45) is 0 Å². The van der Waals surface area contributed by atoms with E-state index in [1.807, 2.05) is 6.08 Å². The van der Waals surface area contributed by atoms with Crippen molar-refractivity contribution in [3.8, 4) is 0 Å². The van der Waals surface area contributed by atoms with E-state index in [1.54, 1.807) is 6.08 Å². The number of carbonyl (C=O) groups excluding carboxylic acids is 1. The molecule has 0 spiro atoms. The molecule has 0 saturated carbocycles. The van der Waals surface area contributed by atoms with Crippen molar-refractivity contribution in [1.82, 2.24) is 5.32 Å². The van der Waals surface area contributed by atoms with E-state index in [-0.39, 0.29) is 12.5 Å². The number of unbranched alkanes of at least 4 members (excludes halogenated alkanes) is 45. The Balaban J connectivity index is 1.96. The van der Waals surface area contributed by atoms with E-state index in [1.165, 1.54) is 263 Å². The van der Waals surface area contributed by atoms with Crippen molar-refractivity contribution in [3.63, 3.8) is 0 Å². The van der Waals surface area contributed by atoms with Crippen LogP contribution in [0.15, 0.2) is 12.2 Å². The van der Waals surface area contributed by atoms with Gasteiger partial charge in [0.05, 0.1) is 25.4 Å². The van der Waals surface area contributed by atoms with Crippen molar-refractivity contribution in [2.45, 2.75) is 365 Å². The number of amides is 1. The number of hydrogen-bond acceptors (Lipinski definition) is 8. The van der Waals surface area contributed by atoms with Crippen LogP contribution in [0.2, 0.25) is 0 Å². The van der Waals surface area contributed by atoms with E-state index in [9.17, 15) is 30.3 Å². The average molecular weight is 1010 g/mol. The fraction of sp³-hybridized carbons (Fsp3) is 0.952. The van der Waals surface area contributed by atoms with Crippen LogP contribution >= 0.6 is 0 Å². The molecule has 9 nitrogen and oxygen atoms in total. The summed E-state index contributed by atoms with van der Waals surface area (Å²) in [4.78, 5) is 13.0. The van der Waals surface area contributed by atoms with Crippen LogP contribution in [0.25, 0.3) is 0 Å². The van der Waals surface area contributed by atoms with Gasteiger partial charge in [0.15, 0.2) is 6.29 Å². The predicted octanol–water partition coefficient (Wildman–Crippen LogP) is 16.0. The van der Waals surface area contributed by atoms with Gasteiger partial charge >= 0.3 is 0 Å². The molecule has 1 fully saturated rings. The zero-order chi connectivity index (χ0) is 51.5. The van der Waals surface area contributed by atoms with Gasteiger partial charge in [-0.25, -0.2) is 0 Å². The lowest BCUT2D eigenvalue weighted by Crippen LogP contribution is -2.60. The van der Waals surface area contributed by atoms with E-state index in [0.717, 1.165) is 38.5 Å². The number of nitrogens with one attached hydrogen (secondary N) is 1. The largest absolute Gasteiger partial charge is 0.394 e. The topological polar surface area (TPSA) is 149 Å². The molecule has 1 aliphatic rings. The van der Waals surface area contributed by atoms with E-state index < -0.39 is 49.5 Å². The monoisotopic (exact) mass is 1010 g/mol. The summed E-state index contributed by atoms with van der Waals surface area (Å²) in [6.45, 7) is 3.77. The van der Waals surface area contributed by atoms with Crippen molar-refractivity contribution >= 4 is 5.91 Å². The first-order valence-electron chi connectivity index (χ1n) is 31.4. The zero-order valence-electron chi connectivity index (χ0n) is 47.0. The molecule has 0 aliphatic carbocycles. The molecule has 1 rings (SSSR count). The lowest BCUT2D eigenvalue weighted by Gasteiger charge is -2.40. The van der Waals surface area contributed by atoms with Crippen molar-refractivity contribution in [1.29, 1.82) is 0 Å². The van der Waals surface area contributed by atoms with Crippen LogP contribution in [0.5, 0.6) is 0 Å². The average Bonchev–Trinajstić information content (AvgIpc) is 3.37. The maximum Gasteiger partial charge on any atom is 0.220 e. The lowest BCUT2D eigenvalue weighted by molar-refractivity contribution is -0.302. The van der Waals surface area contributed by atoms with Crippen LogP contribution < -0.4 is 5.32 Å². The summed E-state index contributed by atoms with van der Waals surface area (Å²) in [6, 6.07) is -0.798. The molecule has 0 bridgehead atoms. The Kier molecular flexibility index (Phi) is 50.1. The zero-order valence-corrected chi connectivity index (χ0v) is 47.0. The van der Waals surface area contributed by atoms with E-state index in [0.29, 0.717) is 6.42 Å². The van der Waals surface area contributed by atoms with Gasteiger partial charge < -0.3 is 40.3 Å². The molecule has 0 aromatic heterocycles. The SMILES string of the molecule is CCCCCCCCC/C=C/C(O)C(COC1OC(CO)C(O)C(O)C1O)NC(=O)CCCCCCCCCCCCCCCCCCCCCCCCCCCCCCCCCCCCCCCCC. The maximum absolute atomic E-state index is 13.0. The number of aliphatic hydroxyl groups is 5. The molecule has 0 aromatic rings. The van der Waals surface area contributed by atoms with Crippen LogP contribution in [0.1, 0.15) is 322 Å². The summed E-state index contributed by atoms with van der Waals surface area (Å²) < 4.78 is 11.2. The normalized spacial score (nSPS) is 19.2. The van der Waals surface area contributed by atoms with E-state index >= 15 is 0 Å². The predicted molar refractivity (Wildman–Crippen MR) is 300 cm³/mol. The fourth-order valence-corrected chi connectivity index (χ4v) is 10.4. The van der Waals surface area contributed by atoms with Crippen LogP contribution in [0.3, 0.4) is 0 Å². The third-order valence-corrected chi connectivity index (χ3v) is 15.4. The van der Waals surface area contributed by atoms with Crippen LogP contribution in [0, 0.1) is 0 Å². The number of allylic oxidation sites excluding steroid dienone is 1. The quantitative estimate of drug-likeness (QED) is 0.0261. The number of rotatable bonds is 55. The highest BCUT2D eigenvalue weighted by Gasteiger charge is 2.44. The van der Waals surface area contributed by atoms with Crippen molar-refractivity contribution < 1.29 is 39.8 Å². The summed E-state index contributed by atoms with van der Waals surface area (Å²) in [5, 5.41) is 54.2. The second kappa shape index (κ2) is 52.4. The first kappa shape index (κ1) is 67.9. The third kappa shape index (κ3) is 41.8. The number of carbonyl (C=O) groups is 1. The van der Waals surface area contributed by atoms with Gasteiger partial charge in [0.2, 0.25) is 5.91 Å². The first-order chi connectivity index (χ1) is 34.8. The molecule has 1 saturated heterocycles. The van der Waals surface area contributed by atoms with Gasteiger partial charge in [-0.3, -0.25) is 4.79 Å². The van der Waals surface area contributed by atoms with Crippen molar-refractivity contribution in [2.75, 3.05) is 13.2 Å². The van der Waals surface area contributed by atoms with Gasteiger partial charge in [-0.15, -0.1) is 0 Å². The summed E-state index contributed by atoms with van der Waals surface area (Å²) in [5.41, 5.74) is 0. The smallest absolute Gasteiger partial charge is 0.220 e. The number of ether oxygens (including phenoxy) is 2. The fourth-order valence-electron chi connectivity index (χ4n) is 10.4. The standard InChI is InChI=1S/C62H121NO8/c1-3-5-7-9-11-13-14-15-16-17-18-19-20-21-22-23-24-25-26-27-28-29-30-31-32-33-34-35-36-37-38-39-40-41-42-44-46-48-50-52-58(66)63-55(56(65)51-49-47-45-43-12-10-8-6-4-2)54-70-62-61(69)60(68)59(67)57(53-64)71-62/h49,51,55-57,59-62,64-65,67-69H,3-48,50,52-54H2,1-2H3,(H,63,66)/b51-49+. The van der Waals surface area contributed by atoms with Gasteiger partial charge in [-0.2, -0.15) is 0 Å². The second-order valence-electron chi connectivity index (χ2n) is 22.2. The highest BCUT2D eigenvalue weighted by atomic mass is 16.7. The molecule has 7 unspecified atom stereocenters. The van der Waals surface area contributed by atoms with Gasteiger partial charge in [0, 0.05) is 6.42 Å². The van der Waals surface area contributed by atoms with Crippen LogP contribution in [-0.2, 0) is 14.3 Å². The van der Waals surface area contributed by atoms with E-state index in [2.05, 4.69) is 19.2 Å². The Labute approximate surface area is 439 Å². The van der Waals surface area contributed by atoms with Crippen LogP contribution in [-0.4, -0.2) is 87.5 Å². The van der Waals surface area contributed by atoms with Crippen molar-refractivity contribution in [3.05, 3.63) is 12.2 Å². The Morgan fingerprint density at radius 2 is 0.775 bits per heavy atom. The minimum atomic E-state index is -1.56. The molecule has 71 heavy (non-hydrogen) atoms. The summed E-state index contributed by atoms with van der Waals surface area (Å²) >= 11 is 0. The molecule has 422 valence electrons. The second-order valence-corrected chi connectivity index (χ2v) is 22.2. The number of aliphatic hydroxyl groups excluding tert-OH is 5. The molecule has 9 heteroatoms. The Bertz CT molecular complexity index is 1120. The molecule has 6 N–H and O–H groups in total. The van der Waals surface area contributed by atoms with Gasteiger partial charge in [0.25, 0.3) is 0 Å². The molecule has 7 atom stereocenters. The Morgan fingerprint density at radius 3 is 1.10 bits per heavy atom. The van der Waals surface area contributed by atoms with Gasteiger partial charge in [-0.1, -0.05) is 309 Å². The molecule has 1 heterocycles. The molecule has 1 aliphatic heterocycles. The number of hydrogen-bond donors (Lipinski definition) is 6. The minimum Gasteiger partial charge on any atom is -0.394 e. The van der Waals surface area contributed by atoms with E-state index in [4.69, 9.17) is 9.47 Å². The summed E-state index contributed by atoms with van der Waals surface area (Å²) in [5.74, 6) is -0.173. The maximum atomic E-state index is 13.0. The first-order valence-corrected chi connectivity index (χ1v) is 31.4. The highest BCUT2D eigenvalue weighted by Crippen LogP contribution is 2.23. The van der Waals surface area contributed by atoms with Gasteiger partial charge in [-0.05, 0) is 19.3 Å². The highest BCUT2D eigenvalue weighted by molar-refractivity contribution is 5.76. The molecular formula is C62H121NO8. The summed E-state index contributed by atoms with van der Waals surface area (Å²) in [6.07, 6.45) is 59.3. The Morgan fingerprint density at radius 1 is 0.465 bits per heavy atom.